The summed E-state index contributed by atoms with van der Waals surface area (Å²) in [7, 11) is 1.37. The fourth-order valence-corrected chi connectivity index (χ4v) is 5.77. The minimum Gasteiger partial charge on any atom is -0.462 e. The highest BCUT2D eigenvalue weighted by atomic mass is 31.2. The van der Waals surface area contributed by atoms with Gasteiger partial charge in [0.2, 0.25) is 0 Å². The Morgan fingerprint density at radius 3 is 1.75 bits per heavy atom. The van der Waals surface area contributed by atoms with Gasteiger partial charge in [0.15, 0.2) is 6.10 Å². The first-order valence-electron chi connectivity index (χ1n) is 21.4. The van der Waals surface area contributed by atoms with Gasteiger partial charge in [0.25, 0.3) is 0 Å². The van der Waals surface area contributed by atoms with E-state index in [-0.39, 0.29) is 26.1 Å². The van der Waals surface area contributed by atoms with Crippen LogP contribution in [0.1, 0.15) is 136 Å². The summed E-state index contributed by atoms with van der Waals surface area (Å²) in [5.41, 5.74) is 0. The molecule has 0 saturated heterocycles. The molecule has 3 atom stereocenters. The van der Waals surface area contributed by atoms with Crippen molar-refractivity contribution in [3.8, 4) is 0 Å². The van der Waals surface area contributed by atoms with Crippen LogP contribution in [-0.2, 0) is 32.7 Å². The first-order chi connectivity index (χ1) is 27.4. The van der Waals surface area contributed by atoms with Gasteiger partial charge in [-0.15, -0.1) is 0 Å². The molecule has 0 aliphatic carbocycles. The highest BCUT2D eigenvalue weighted by Crippen LogP contribution is 2.43. The number of hydrogen-bond acceptors (Lipinski definition) is 8. The Morgan fingerprint density at radius 1 is 0.632 bits per heavy atom. The van der Waals surface area contributed by atoms with E-state index < -0.39 is 38.6 Å². The number of aliphatic hydroxyl groups excluding tert-OH is 1. The molecule has 0 rings (SSSR count). The van der Waals surface area contributed by atoms with Crippen LogP contribution in [0.5, 0.6) is 0 Å². The van der Waals surface area contributed by atoms with Crippen LogP contribution in [0.3, 0.4) is 0 Å². The van der Waals surface area contributed by atoms with Crippen LogP contribution in [0.15, 0.2) is 85.1 Å². The fourth-order valence-electron chi connectivity index (χ4n) is 5.03. The zero-order valence-corrected chi connectivity index (χ0v) is 37.0. The molecular weight excluding hydrogens is 741 g/mol. The van der Waals surface area contributed by atoms with Crippen molar-refractivity contribution in [2.45, 2.75) is 148 Å². The molecule has 0 aliphatic heterocycles. The Morgan fingerprint density at radius 2 is 1.16 bits per heavy atom. The molecule has 1 unspecified atom stereocenters. The molecule has 0 heterocycles. The minimum absolute atomic E-state index is 0.000804. The molecule has 0 amide bonds. The number of quaternary nitrogens is 1. The third-order valence-corrected chi connectivity index (χ3v) is 9.46. The number of phosphoric acid groups is 1. The van der Waals surface area contributed by atoms with E-state index in [0.717, 1.165) is 38.5 Å². The van der Waals surface area contributed by atoms with Gasteiger partial charge in [-0.25, -0.2) is 4.57 Å². The summed E-state index contributed by atoms with van der Waals surface area (Å²) in [6.45, 7) is 4.13. The van der Waals surface area contributed by atoms with Crippen molar-refractivity contribution < 1.29 is 47.2 Å². The monoisotopic (exact) mass is 821 g/mol. The standard InChI is InChI=1S/C46H78NO9P/c1-6-8-10-12-14-15-16-17-18-19-20-21-25-29-33-37-45(49)53-41-44(42-55-57(51,52)54-40-39-47(3,4)5)56-46(50)38-34-30-26-22-24-28-32-36-43(48)35-31-27-23-13-11-9-7-2/h14-15,17-18,20-23,26-28,31-32,35,43-44,48H,6-13,16,19,24-25,29-30,33-34,36-42H2,1-5H3/p+1/b15-14-,18-17-,21-20-,26-22+,27-23-,32-28-,35-31-/t43-,44+/m0/s1. The summed E-state index contributed by atoms with van der Waals surface area (Å²) in [5, 5.41) is 10.1. The van der Waals surface area contributed by atoms with E-state index in [1.807, 2.05) is 57.6 Å². The van der Waals surface area contributed by atoms with Gasteiger partial charge in [-0.05, 0) is 83.5 Å². The third kappa shape index (κ3) is 41.1. The molecule has 0 aromatic heterocycles. The van der Waals surface area contributed by atoms with Crippen molar-refractivity contribution in [1.29, 1.82) is 0 Å². The average Bonchev–Trinajstić information content (AvgIpc) is 3.15. The summed E-state index contributed by atoms with van der Waals surface area (Å²) in [6.07, 6.45) is 43.8. The number of aliphatic hydroxyl groups is 1. The van der Waals surface area contributed by atoms with Crippen LogP contribution < -0.4 is 0 Å². The van der Waals surface area contributed by atoms with Crippen molar-refractivity contribution >= 4 is 19.8 Å². The van der Waals surface area contributed by atoms with Crippen molar-refractivity contribution in [2.24, 2.45) is 0 Å². The highest BCUT2D eigenvalue weighted by Gasteiger charge is 2.27. The molecule has 0 aromatic rings. The van der Waals surface area contributed by atoms with Crippen LogP contribution in [0.4, 0.5) is 0 Å². The van der Waals surface area contributed by atoms with Gasteiger partial charge in [-0.3, -0.25) is 18.6 Å². The maximum absolute atomic E-state index is 12.7. The molecule has 10 nitrogen and oxygen atoms in total. The van der Waals surface area contributed by atoms with Crippen LogP contribution in [0, 0.1) is 0 Å². The van der Waals surface area contributed by atoms with E-state index in [4.69, 9.17) is 18.5 Å². The SMILES string of the molecule is CCCCC/C=C\C=C/[C@H](O)C/C=C\C/C=C/CCCC(=O)O[C@H](COC(=O)CCCC/C=C\C/C=C\C/C=C\CCCCC)COP(=O)(O)OCC[N+](C)(C)C. The normalized spacial score (nSPS) is 15.0. The lowest BCUT2D eigenvalue weighted by atomic mass is 10.1. The quantitative estimate of drug-likeness (QED) is 0.0157. The van der Waals surface area contributed by atoms with E-state index in [2.05, 4.69) is 56.4 Å². The molecule has 0 radical (unpaired) electrons. The van der Waals surface area contributed by atoms with E-state index in [1.54, 1.807) is 6.08 Å². The lowest BCUT2D eigenvalue weighted by Gasteiger charge is -2.24. The lowest BCUT2D eigenvalue weighted by molar-refractivity contribution is -0.870. The number of phosphoric ester groups is 1. The van der Waals surface area contributed by atoms with E-state index in [1.165, 1.54) is 38.5 Å². The Hall–Kier alpha value is -2.85. The number of allylic oxidation sites excluding steroid dienone is 12. The van der Waals surface area contributed by atoms with Gasteiger partial charge in [0, 0.05) is 12.8 Å². The summed E-state index contributed by atoms with van der Waals surface area (Å²) in [6, 6.07) is 0. The molecule has 326 valence electrons. The molecule has 11 heteroatoms. The van der Waals surface area contributed by atoms with Gasteiger partial charge >= 0.3 is 19.8 Å². The number of esters is 2. The van der Waals surface area contributed by atoms with Gasteiger partial charge in [0.1, 0.15) is 19.8 Å². The number of carbonyl (C=O) groups is 2. The third-order valence-electron chi connectivity index (χ3n) is 8.48. The fraction of sp³-hybridized carbons (Fsp3) is 0.652. The zero-order valence-electron chi connectivity index (χ0n) is 36.1. The molecule has 0 bridgehead atoms. The number of hydrogen-bond donors (Lipinski definition) is 2. The second kappa shape index (κ2) is 37.4. The first-order valence-corrected chi connectivity index (χ1v) is 22.9. The van der Waals surface area contributed by atoms with Crippen LogP contribution >= 0.6 is 7.82 Å². The van der Waals surface area contributed by atoms with Gasteiger partial charge in [-0.1, -0.05) is 125 Å². The highest BCUT2D eigenvalue weighted by molar-refractivity contribution is 7.47. The van der Waals surface area contributed by atoms with E-state index in [9.17, 15) is 24.2 Å². The molecule has 0 spiro atoms. The second-order valence-electron chi connectivity index (χ2n) is 15.2. The maximum atomic E-state index is 12.7. The van der Waals surface area contributed by atoms with Gasteiger partial charge in [-0.2, -0.15) is 0 Å². The smallest absolute Gasteiger partial charge is 0.462 e. The van der Waals surface area contributed by atoms with Gasteiger partial charge in [0.05, 0.1) is 33.9 Å². The molecule has 0 saturated carbocycles. The van der Waals surface area contributed by atoms with Crippen molar-refractivity contribution in [3.05, 3.63) is 85.1 Å². The van der Waals surface area contributed by atoms with Crippen LogP contribution in [-0.4, -0.2) is 86.1 Å². The zero-order chi connectivity index (χ0) is 42.3. The Bertz CT molecular complexity index is 1260. The summed E-state index contributed by atoms with van der Waals surface area (Å²) in [4.78, 5) is 35.3. The molecule has 2 N–H and O–H groups in total. The summed E-state index contributed by atoms with van der Waals surface area (Å²) >= 11 is 0. The number of nitrogens with zero attached hydrogens (tertiary/aromatic N) is 1. The van der Waals surface area contributed by atoms with Crippen LogP contribution in [0.25, 0.3) is 0 Å². The number of unbranched alkanes of at least 4 members (excludes halogenated alkanes) is 9. The molecular formula is C46H79NO9P+. The number of ether oxygens (including phenoxy) is 2. The second-order valence-corrected chi connectivity index (χ2v) is 16.7. The number of likely N-dealkylation sites (N-methyl/N-ethyl adjacent to an activating group) is 1. The lowest BCUT2D eigenvalue weighted by Crippen LogP contribution is -2.37. The Balaban J connectivity index is 4.63. The van der Waals surface area contributed by atoms with E-state index in [0.29, 0.717) is 43.1 Å². The maximum Gasteiger partial charge on any atom is 0.472 e. The Labute approximate surface area is 346 Å². The number of carbonyl (C=O) groups excluding carboxylic acids is 2. The largest absolute Gasteiger partial charge is 0.472 e. The van der Waals surface area contributed by atoms with E-state index >= 15 is 0 Å². The van der Waals surface area contributed by atoms with Gasteiger partial charge < -0.3 is 24.0 Å². The van der Waals surface area contributed by atoms with Crippen molar-refractivity contribution in [3.63, 3.8) is 0 Å². The summed E-state index contributed by atoms with van der Waals surface area (Å²) < 4.78 is 34.1. The van der Waals surface area contributed by atoms with Crippen molar-refractivity contribution in [2.75, 3.05) is 47.5 Å². The Kier molecular flexibility index (Phi) is 35.6. The van der Waals surface area contributed by atoms with Crippen LogP contribution in [0.2, 0.25) is 0 Å². The summed E-state index contributed by atoms with van der Waals surface area (Å²) in [5.74, 6) is -0.961. The predicted molar refractivity (Wildman–Crippen MR) is 235 cm³/mol. The molecule has 0 fully saturated rings. The average molecular weight is 821 g/mol. The topological polar surface area (TPSA) is 129 Å². The molecule has 57 heavy (non-hydrogen) atoms. The minimum atomic E-state index is -4.42. The number of rotatable bonds is 37. The molecule has 0 aromatic carbocycles. The molecule has 0 aliphatic rings. The first kappa shape index (κ1) is 54.2. The predicted octanol–water partition coefficient (Wildman–Crippen LogP) is 11.0. The van der Waals surface area contributed by atoms with Crippen molar-refractivity contribution in [1.82, 2.24) is 0 Å².